The fraction of sp³-hybridized carbons (Fsp3) is 0.211. The van der Waals surface area contributed by atoms with Crippen molar-refractivity contribution in [3.8, 4) is 11.4 Å². The zero-order valence-electron chi connectivity index (χ0n) is 14.5. The highest BCUT2D eigenvalue weighted by Gasteiger charge is 2.16. The van der Waals surface area contributed by atoms with Gasteiger partial charge >= 0.3 is 0 Å². The van der Waals surface area contributed by atoms with E-state index in [1.54, 1.807) is 11.3 Å². The highest BCUT2D eigenvalue weighted by atomic mass is 32.2. The van der Waals surface area contributed by atoms with Crippen molar-refractivity contribution in [1.29, 1.82) is 0 Å². The van der Waals surface area contributed by atoms with Crippen LogP contribution in [0.2, 0.25) is 0 Å². The van der Waals surface area contributed by atoms with Crippen LogP contribution in [0.15, 0.2) is 59.6 Å². The van der Waals surface area contributed by atoms with Gasteiger partial charge in [0.2, 0.25) is 5.91 Å². The molecule has 5 nitrogen and oxygen atoms in total. The lowest BCUT2D eigenvalue weighted by molar-refractivity contribution is -0.113. The number of carbonyl (C=O) groups is 1. The van der Waals surface area contributed by atoms with E-state index < -0.39 is 0 Å². The zero-order chi connectivity index (χ0) is 18.4. The van der Waals surface area contributed by atoms with E-state index >= 15 is 0 Å². The van der Waals surface area contributed by atoms with Crippen LogP contribution < -0.4 is 5.32 Å². The summed E-state index contributed by atoms with van der Waals surface area (Å²) in [5.74, 6) is 1.01. The second-order valence-corrected chi connectivity index (χ2v) is 7.50. The molecule has 0 bridgehead atoms. The molecule has 0 aliphatic carbocycles. The largest absolute Gasteiger partial charge is 0.325 e. The van der Waals surface area contributed by atoms with Gasteiger partial charge in [-0.1, -0.05) is 43.0 Å². The Morgan fingerprint density at radius 3 is 2.85 bits per heavy atom. The molecule has 134 valence electrons. The van der Waals surface area contributed by atoms with Crippen LogP contribution >= 0.6 is 23.1 Å². The quantitative estimate of drug-likeness (QED) is 0.459. The molecule has 0 saturated carbocycles. The van der Waals surface area contributed by atoms with E-state index in [0.29, 0.717) is 11.7 Å². The molecular weight excluding hydrogens is 364 g/mol. The van der Waals surface area contributed by atoms with E-state index in [0.717, 1.165) is 23.5 Å². The molecule has 3 rings (SSSR count). The molecule has 3 aromatic rings. The van der Waals surface area contributed by atoms with Crippen LogP contribution in [0.3, 0.4) is 0 Å². The first-order valence-corrected chi connectivity index (χ1v) is 10.2. The summed E-state index contributed by atoms with van der Waals surface area (Å²) in [7, 11) is 0. The van der Waals surface area contributed by atoms with E-state index in [2.05, 4.69) is 40.5 Å². The Hall–Kier alpha value is -2.38. The zero-order valence-corrected chi connectivity index (χ0v) is 16.1. The van der Waals surface area contributed by atoms with Gasteiger partial charge in [0.15, 0.2) is 11.0 Å². The average Bonchev–Trinajstić information content (AvgIpc) is 3.28. The van der Waals surface area contributed by atoms with Gasteiger partial charge in [0.1, 0.15) is 0 Å². The van der Waals surface area contributed by atoms with E-state index in [1.165, 1.54) is 16.6 Å². The summed E-state index contributed by atoms with van der Waals surface area (Å²) in [6, 6.07) is 11.6. The van der Waals surface area contributed by atoms with Crippen LogP contribution in [-0.4, -0.2) is 26.4 Å². The molecule has 0 fully saturated rings. The molecule has 0 saturated heterocycles. The maximum absolute atomic E-state index is 12.2. The number of allylic oxidation sites excluding steroid dienone is 1. The number of benzene rings is 1. The summed E-state index contributed by atoms with van der Waals surface area (Å²) >= 11 is 3.10. The maximum atomic E-state index is 12.2. The second-order valence-electron chi connectivity index (χ2n) is 5.56. The molecule has 1 aromatic carbocycles. The first-order chi connectivity index (χ1) is 12.7. The van der Waals surface area contributed by atoms with Gasteiger partial charge in [0, 0.05) is 28.1 Å². The highest BCUT2D eigenvalue weighted by Crippen LogP contribution is 2.28. The Kier molecular flexibility index (Phi) is 6.25. The number of thiophene rings is 1. The molecule has 0 aliphatic rings. The minimum absolute atomic E-state index is 0.0697. The van der Waals surface area contributed by atoms with E-state index in [-0.39, 0.29) is 11.7 Å². The molecule has 1 N–H and O–H groups in total. The Morgan fingerprint density at radius 1 is 1.35 bits per heavy atom. The number of hydrogen-bond acceptors (Lipinski definition) is 5. The predicted molar refractivity (Wildman–Crippen MR) is 109 cm³/mol. The van der Waals surface area contributed by atoms with Crippen molar-refractivity contribution < 1.29 is 4.79 Å². The number of amides is 1. The highest BCUT2D eigenvalue weighted by molar-refractivity contribution is 7.99. The summed E-state index contributed by atoms with van der Waals surface area (Å²) in [5, 5.41) is 14.3. The third-order valence-corrected chi connectivity index (χ3v) is 5.73. The van der Waals surface area contributed by atoms with Gasteiger partial charge in [-0.2, -0.15) is 0 Å². The molecule has 0 radical (unpaired) electrons. The number of aryl methyl sites for hydroxylation is 1. The SMILES string of the molecule is C=CCn1c(SCC(=O)Nc2ccccc2)nnc1-c1csc(CC)c1. The maximum Gasteiger partial charge on any atom is 0.234 e. The van der Waals surface area contributed by atoms with Crippen molar-refractivity contribution >= 4 is 34.7 Å². The van der Waals surface area contributed by atoms with Crippen LogP contribution in [0.4, 0.5) is 5.69 Å². The summed E-state index contributed by atoms with van der Waals surface area (Å²) in [4.78, 5) is 13.5. The van der Waals surface area contributed by atoms with Crippen molar-refractivity contribution in [2.45, 2.75) is 25.0 Å². The number of rotatable bonds is 8. The standard InChI is InChI=1S/C19H20N4OS2/c1-3-10-23-18(14-11-16(4-2)25-12-14)21-22-19(23)26-13-17(24)20-15-8-6-5-7-9-15/h3,5-9,11-12H,1,4,10,13H2,2H3,(H,20,24). The minimum Gasteiger partial charge on any atom is -0.325 e. The van der Waals surface area contributed by atoms with Gasteiger partial charge in [-0.15, -0.1) is 28.1 Å². The lowest BCUT2D eigenvalue weighted by Crippen LogP contribution is -2.14. The number of nitrogens with zero attached hydrogens (tertiary/aromatic N) is 3. The number of para-hydroxylation sites is 1. The first kappa shape index (κ1) is 18.4. The molecule has 0 atom stereocenters. The predicted octanol–water partition coefficient (Wildman–Crippen LogP) is 4.49. The molecule has 2 aromatic heterocycles. The molecule has 0 unspecified atom stereocenters. The van der Waals surface area contributed by atoms with E-state index in [9.17, 15) is 4.79 Å². The molecule has 1 amide bonds. The molecule has 2 heterocycles. The Morgan fingerprint density at radius 2 is 2.15 bits per heavy atom. The van der Waals surface area contributed by atoms with E-state index in [4.69, 9.17) is 0 Å². The van der Waals surface area contributed by atoms with Crippen LogP contribution in [0.25, 0.3) is 11.4 Å². The Labute approximate surface area is 161 Å². The van der Waals surface area contributed by atoms with Crippen molar-refractivity contribution in [3.63, 3.8) is 0 Å². The third kappa shape index (κ3) is 4.42. The van der Waals surface area contributed by atoms with Crippen molar-refractivity contribution in [2.75, 3.05) is 11.1 Å². The fourth-order valence-electron chi connectivity index (χ4n) is 2.43. The summed E-state index contributed by atoms with van der Waals surface area (Å²) < 4.78 is 1.99. The number of aromatic nitrogens is 3. The van der Waals surface area contributed by atoms with Gasteiger partial charge in [-0.25, -0.2) is 0 Å². The average molecular weight is 385 g/mol. The third-order valence-electron chi connectivity index (χ3n) is 3.68. The van der Waals surface area contributed by atoms with Gasteiger partial charge in [-0.3, -0.25) is 9.36 Å². The molecule has 0 spiro atoms. The molecule has 7 heteroatoms. The van der Waals surface area contributed by atoms with Crippen LogP contribution in [-0.2, 0) is 17.8 Å². The smallest absolute Gasteiger partial charge is 0.234 e. The van der Waals surface area contributed by atoms with Crippen LogP contribution in [0, 0.1) is 0 Å². The van der Waals surface area contributed by atoms with Crippen molar-refractivity contribution in [2.24, 2.45) is 0 Å². The van der Waals surface area contributed by atoms with Crippen molar-refractivity contribution in [3.05, 3.63) is 59.3 Å². The van der Waals surface area contributed by atoms with Gasteiger partial charge in [0.05, 0.1) is 5.75 Å². The van der Waals surface area contributed by atoms with Crippen LogP contribution in [0.5, 0.6) is 0 Å². The van der Waals surface area contributed by atoms with Gasteiger partial charge in [-0.05, 0) is 24.6 Å². The number of carbonyl (C=O) groups excluding carboxylic acids is 1. The molecule has 0 aliphatic heterocycles. The first-order valence-electron chi connectivity index (χ1n) is 8.30. The number of nitrogens with one attached hydrogen (secondary N) is 1. The minimum atomic E-state index is -0.0697. The number of hydrogen-bond donors (Lipinski definition) is 1. The number of thioether (sulfide) groups is 1. The lowest BCUT2D eigenvalue weighted by Gasteiger charge is -2.07. The normalized spacial score (nSPS) is 10.7. The van der Waals surface area contributed by atoms with Gasteiger partial charge < -0.3 is 5.32 Å². The van der Waals surface area contributed by atoms with Crippen molar-refractivity contribution in [1.82, 2.24) is 14.8 Å². The number of anilines is 1. The van der Waals surface area contributed by atoms with E-state index in [1.807, 2.05) is 41.0 Å². The van der Waals surface area contributed by atoms with Gasteiger partial charge in [0.25, 0.3) is 0 Å². The molecular formula is C19H20N4OS2. The molecule has 26 heavy (non-hydrogen) atoms. The fourth-order valence-corrected chi connectivity index (χ4v) is 4.00. The topological polar surface area (TPSA) is 59.8 Å². The second kappa shape index (κ2) is 8.82. The lowest BCUT2D eigenvalue weighted by atomic mass is 10.2. The summed E-state index contributed by atoms with van der Waals surface area (Å²) in [6.07, 6.45) is 2.82. The summed E-state index contributed by atoms with van der Waals surface area (Å²) in [6.45, 7) is 6.56. The summed E-state index contributed by atoms with van der Waals surface area (Å²) in [5.41, 5.74) is 1.85. The Bertz CT molecular complexity index is 886. The Balaban J connectivity index is 1.71. The monoisotopic (exact) mass is 384 g/mol. The van der Waals surface area contributed by atoms with Crippen LogP contribution in [0.1, 0.15) is 11.8 Å².